The molecule has 4 heteroatoms. The number of amides is 1. The largest absolute Gasteiger partial charge is 0.381 e. The molecule has 1 aliphatic rings. The van der Waals surface area contributed by atoms with Gasteiger partial charge in [0.2, 0.25) is 5.91 Å². The molecule has 1 heterocycles. The first-order valence-corrected chi connectivity index (χ1v) is 7.27. The lowest BCUT2D eigenvalue weighted by molar-refractivity contribution is -0.130. The van der Waals surface area contributed by atoms with Gasteiger partial charge in [-0.2, -0.15) is 0 Å². The highest BCUT2D eigenvalue weighted by atomic mass is 16.5. The predicted octanol–water partition coefficient (Wildman–Crippen LogP) is 2.50. The lowest BCUT2D eigenvalue weighted by Crippen LogP contribution is -2.46. The first kappa shape index (κ1) is 15.0. The second-order valence-electron chi connectivity index (χ2n) is 5.83. The van der Waals surface area contributed by atoms with E-state index in [4.69, 9.17) is 10.5 Å². The Morgan fingerprint density at radius 2 is 2.10 bits per heavy atom. The number of nitrogens with two attached hydrogens (primary N) is 1. The summed E-state index contributed by atoms with van der Waals surface area (Å²) >= 11 is 0. The summed E-state index contributed by atoms with van der Waals surface area (Å²) in [5.41, 5.74) is 7.44. The van der Waals surface area contributed by atoms with Gasteiger partial charge in [0, 0.05) is 25.4 Å². The van der Waals surface area contributed by atoms with Gasteiger partial charge in [-0.15, -0.1) is 0 Å². The van der Waals surface area contributed by atoms with Gasteiger partial charge in [0.05, 0.1) is 5.41 Å². The average Bonchev–Trinajstić information content (AvgIpc) is 2.48. The smallest absolute Gasteiger partial charge is 0.232 e. The number of carbonyl (C=O) groups is 1. The highest BCUT2D eigenvalue weighted by Gasteiger charge is 2.38. The van der Waals surface area contributed by atoms with Crippen LogP contribution in [0.1, 0.15) is 38.2 Å². The highest BCUT2D eigenvalue weighted by molar-refractivity contribution is 5.95. The number of benzene rings is 1. The van der Waals surface area contributed by atoms with Gasteiger partial charge in [0.15, 0.2) is 0 Å². The van der Waals surface area contributed by atoms with Gasteiger partial charge < -0.3 is 15.8 Å². The van der Waals surface area contributed by atoms with Gasteiger partial charge in [-0.05, 0) is 36.5 Å². The third-order valence-electron chi connectivity index (χ3n) is 4.13. The summed E-state index contributed by atoms with van der Waals surface area (Å²) < 4.78 is 5.34. The molecule has 4 nitrogen and oxygen atoms in total. The fraction of sp³-hybridized carbons (Fsp3) is 0.562. The van der Waals surface area contributed by atoms with Crippen molar-refractivity contribution in [3.05, 3.63) is 29.8 Å². The Morgan fingerprint density at radius 3 is 2.70 bits per heavy atom. The molecular formula is C16H24N2O2. The van der Waals surface area contributed by atoms with E-state index in [0.29, 0.717) is 38.5 Å². The van der Waals surface area contributed by atoms with E-state index in [1.807, 2.05) is 18.2 Å². The minimum absolute atomic E-state index is 0.0178. The van der Waals surface area contributed by atoms with E-state index >= 15 is 0 Å². The maximum atomic E-state index is 12.6. The predicted molar refractivity (Wildman–Crippen MR) is 80.7 cm³/mol. The summed E-state index contributed by atoms with van der Waals surface area (Å²) in [6.07, 6.45) is 1.39. The van der Waals surface area contributed by atoms with Crippen LogP contribution < -0.4 is 11.1 Å². The molecule has 20 heavy (non-hydrogen) atoms. The number of hydrogen-bond acceptors (Lipinski definition) is 3. The summed E-state index contributed by atoms with van der Waals surface area (Å²) in [5.74, 6) is 0.461. The monoisotopic (exact) mass is 276 g/mol. The molecule has 1 aromatic rings. The summed E-state index contributed by atoms with van der Waals surface area (Å²) in [7, 11) is 0. The summed E-state index contributed by atoms with van der Waals surface area (Å²) in [5, 5.41) is 3.02. The molecule has 1 fully saturated rings. The fourth-order valence-corrected chi connectivity index (χ4v) is 2.53. The Hall–Kier alpha value is -1.39. The van der Waals surface area contributed by atoms with E-state index < -0.39 is 5.41 Å². The number of carbonyl (C=O) groups excluding carboxylic acids is 1. The van der Waals surface area contributed by atoms with E-state index in [2.05, 4.69) is 25.2 Å². The third-order valence-corrected chi connectivity index (χ3v) is 4.13. The van der Waals surface area contributed by atoms with Crippen molar-refractivity contribution in [2.24, 2.45) is 11.1 Å². The molecule has 1 saturated heterocycles. The van der Waals surface area contributed by atoms with Crippen molar-refractivity contribution in [3.63, 3.8) is 0 Å². The maximum absolute atomic E-state index is 12.6. The zero-order chi connectivity index (χ0) is 14.6. The van der Waals surface area contributed by atoms with Gasteiger partial charge in [-0.25, -0.2) is 0 Å². The van der Waals surface area contributed by atoms with Crippen LogP contribution in [0, 0.1) is 5.41 Å². The van der Waals surface area contributed by atoms with Crippen molar-refractivity contribution in [3.8, 4) is 0 Å². The number of ether oxygens (including phenoxy) is 1. The Labute approximate surface area is 120 Å². The fourth-order valence-electron chi connectivity index (χ4n) is 2.53. The van der Waals surface area contributed by atoms with Gasteiger partial charge in [-0.3, -0.25) is 4.79 Å². The quantitative estimate of drug-likeness (QED) is 0.888. The lowest BCUT2D eigenvalue weighted by Gasteiger charge is -2.34. The van der Waals surface area contributed by atoms with Crippen molar-refractivity contribution in [2.75, 3.05) is 25.1 Å². The minimum atomic E-state index is -0.480. The molecule has 0 atom stereocenters. The van der Waals surface area contributed by atoms with E-state index in [9.17, 15) is 4.79 Å². The van der Waals surface area contributed by atoms with Crippen LogP contribution in [0.15, 0.2) is 24.3 Å². The molecule has 0 aliphatic carbocycles. The van der Waals surface area contributed by atoms with Crippen LogP contribution in [-0.4, -0.2) is 25.7 Å². The third kappa shape index (κ3) is 3.19. The molecule has 0 saturated carbocycles. The molecule has 2 rings (SSSR count). The number of anilines is 1. The van der Waals surface area contributed by atoms with Crippen molar-refractivity contribution in [1.82, 2.24) is 0 Å². The Kier molecular flexibility index (Phi) is 4.78. The zero-order valence-electron chi connectivity index (χ0n) is 12.3. The van der Waals surface area contributed by atoms with Crippen LogP contribution in [0.5, 0.6) is 0 Å². The first-order chi connectivity index (χ1) is 9.57. The minimum Gasteiger partial charge on any atom is -0.381 e. The highest BCUT2D eigenvalue weighted by Crippen LogP contribution is 2.31. The number of rotatable bonds is 4. The second-order valence-corrected chi connectivity index (χ2v) is 5.83. The van der Waals surface area contributed by atoms with Gasteiger partial charge in [0.1, 0.15) is 0 Å². The van der Waals surface area contributed by atoms with Crippen molar-refractivity contribution < 1.29 is 9.53 Å². The Balaban J connectivity index is 2.12. The van der Waals surface area contributed by atoms with Crippen LogP contribution in [-0.2, 0) is 9.53 Å². The van der Waals surface area contributed by atoms with Gasteiger partial charge >= 0.3 is 0 Å². The molecule has 1 amide bonds. The van der Waals surface area contributed by atoms with Crippen LogP contribution in [0.3, 0.4) is 0 Å². The second kappa shape index (κ2) is 6.37. The summed E-state index contributed by atoms with van der Waals surface area (Å²) in [6, 6.07) is 8.01. The first-order valence-electron chi connectivity index (χ1n) is 7.27. The Morgan fingerprint density at radius 1 is 1.40 bits per heavy atom. The lowest BCUT2D eigenvalue weighted by atomic mass is 9.79. The molecule has 0 bridgehead atoms. The zero-order valence-corrected chi connectivity index (χ0v) is 12.3. The maximum Gasteiger partial charge on any atom is 0.232 e. The van der Waals surface area contributed by atoms with Crippen molar-refractivity contribution in [2.45, 2.75) is 32.6 Å². The normalized spacial score (nSPS) is 18.0. The molecule has 1 aromatic carbocycles. The average molecular weight is 276 g/mol. The number of nitrogens with one attached hydrogen (secondary N) is 1. The SMILES string of the molecule is CC(C)c1cccc(NC(=O)C2(CN)CCOCC2)c1. The molecule has 3 N–H and O–H groups in total. The van der Waals surface area contributed by atoms with Crippen LogP contribution >= 0.6 is 0 Å². The molecule has 110 valence electrons. The Bertz CT molecular complexity index is 465. The standard InChI is InChI=1S/C16H24N2O2/c1-12(2)13-4-3-5-14(10-13)18-15(19)16(11-17)6-8-20-9-7-16/h3-5,10,12H,6-9,11,17H2,1-2H3,(H,18,19). The van der Waals surface area contributed by atoms with E-state index in [1.54, 1.807) is 0 Å². The summed E-state index contributed by atoms with van der Waals surface area (Å²) in [6.45, 7) is 5.86. The molecule has 1 aliphatic heterocycles. The molecule has 0 unspecified atom stereocenters. The van der Waals surface area contributed by atoms with E-state index in [1.165, 1.54) is 5.56 Å². The van der Waals surface area contributed by atoms with E-state index in [0.717, 1.165) is 5.69 Å². The topological polar surface area (TPSA) is 64.4 Å². The number of hydrogen-bond donors (Lipinski definition) is 2. The van der Waals surface area contributed by atoms with Gasteiger partial charge in [-0.1, -0.05) is 26.0 Å². The van der Waals surface area contributed by atoms with Gasteiger partial charge in [0.25, 0.3) is 0 Å². The van der Waals surface area contributed by atoms with E-state index in [-0.39, 0.29) is 5.91 Å². The van der Waals surface area contributed by atoms with Crippen LogP contribution in [0.2, 0.25) is 0 Å². The molecule has 0 aromatic heterocycles. The van der Waals surface area contributed by atoms with Crippen LogP contribution in [0.4, 0.5) is 5.69 Å². The molecular weight excluding hydrogens is 252 g/mol. The van der Waals surface area contributed by atoms with Crippen molar-refractivity contribution >= 4 is 11.6 Å². The summed E-state index contributed by atoms with van der Waals surface area (Å²) in [4.78, 5) is 12.6. The molecule has 0 spiro atoms. The van der Waals surface area contributed by atoms with Crippen molar-refractivity contribution in [1.29, 1.82) is 0 Å². The van der Waals surface area contributed by atoms with Crippen LogP contribution in [0.25, 0.3) is 0 Å². The molecule has 0 radical (unpaired) electrons.